The number of rotatable bonds is 3. The van der Waals surface area contributed by atoms with Crippen molar-refractivity contribution < 1.29 is 13.2 Å². The van der Waals surface area contributed by atoms with Crippen molar-refractivity contribution in [2.24, 2.45) is 0 Å². The number of alkyl halides is 3. The van der Waals surface area contributed by atoms with Crippen LogP contribution in [-0.4, -0.2) is 4.98 Å². The van der Waals surface area contributed by atoms with Crippen LogP contribution in [0.4, 0.5) is 19.0 Å². The standard InChI is InChI=1S/C15H15F3N2/c1-10-3-5-12(6-4-10)11(2)20-14-8-7-13(9-19-14)15(16,17)18/h3-9,11H,1-2H3,(H,19,20). The zero-order valence-electron chi connectivity index (χ0n) is 11.2. The average molecular weight is 280 g/mol. The van der Waals surface area contributed by atoms with Gasteiger partial charge in [-0.25, -0.2) is 4.98 Å². The highest BCUT2D eigenvalue weighted by molar-refractivity contribution is 5.39. The molecule has 2 rings (SSSR count). The number of hydrogen-bond acceptors (Lipinski definition) is 2. The first-order chi connectivity index (χ1) is 9.36. The molecule has 0 saturated heterocycles. The molecule has 0 amide bonds. The lowest BCUT2D eigenvalue weighted by Gasteiger charge is -2.15. The zero-order valence-corrected chi connectivity index (χ0v) is 11.2. The van der Waals surface area contributed by atoms with Gasteiger partial charge in [0.15, 0.2) is 0 Å². The van der Waals surface area contributed by atoms with Crippen molar-refractivity contribution in [1.29, 1.82) is 0 Å². The number of pyridine rings is 1. The lowest BCUT2D eigenvalue weighted by atomic mass is 10.1. The van der Waals surface area contributed by atoms with Gasteiger partial charge in [0, 0.05) is 12.2 Å². The van der Waals surface area contributed by atoms with E-state index in [1.807, 2.05) is 38.1 Å². The van der Waals surface area contributed by atoms with Crippen molar-refractivity contribution in [3.05, 3.63) is 59.3 Å². The van der Waals surface area contributed by atoms with E-state index in [0.29, 0.717) is 5.82 Å². The molecule has 5 heteroatoms. The molecule has 2 aromatic rings. The molecule has 0 bridgehead atoms. The third kappa shape index (κ3) is 3.50. The number of halogens is 3. The number of benzene rings is 1. The Morgan fingerprint density at radius 3 is 2.20 bits per heavy atom. The number of aryl methyl sites for hydroxylation is 1. The summed E-state index contributed by atoms with van der Waals surface area (Å²) in [7, 11) is 0. The molecule has 1 aromatic heterocycles. The van der Waals surface area contributed by atoms with Crippen molar-refractivity contribution in [2.45, 2.75) is 26.1 Å². The summed E-state index contributed by atoms with van der Waals surface area (Å²) in [5.41, 5.74) is 1.47. The third-order valence-electron chi connectivity index (χ3n) is 3.03. The Labute approximate surface area is 115 Å². The highest BCUT2D eigenvalue weighted by atomic mass is 19.4. The molecule has 106 valence electrons. The zero-order chi connectivity index (χ0) is 14.8. The first-order valence-electron chi connectivity index (χ1n) is 6.22. The monoisotopic (exact) mass is 280 g/mol. The number of aromatic nitrogens is 1. The Balaban J connectivity index is 2.08. The predicted molar refractivity (Wildman–Crippen MR) is 72.5 cm³/mol. The van der Waals surface area contributed by atoms with Gasteiger partial charge in [-0.3, -0.25) is 0 Å². The molecule has 0 spiro atoms. The summed E-state index contributed by atoms with van der Waals surface area (Å²) in [6, 6.07) is 10.3. The number of anilines is 1. The fourth-order valence-electron chi connectivity index (χ4n) is 1.81. The summed E-state index contributed by atoms with van der Waals surface area (Å²) in [4.78, 5) is 3.80. The minimum absolute atomic E-state index is 0.0279. The van der Waals surface area contributed by atoms with Crippen LogP contribution in [-0.2, 0) is 6.18 Å². The van der Waals surface area contributed by atoms with Crippen LogP contribution in [0.15, 0.2) is 42.6 Å². The Morgan fingerprint density at radius 2 is 1.70 bits per heavy atom. The van der Waals surface area contributed by atoms with Crippen LogP contribution < -0.4 is 5.32 Å². The van der Waals surface area contributed by atoms with E-state index in [0.717, 1.165) is 23.4 Å². The fraction of sp³-hybridized carbons (Fsp3) is 0.267. The van der Waals surface area contributed by atoms with E-state index >= 15 is 0 Å². The van der Waals surface area contributed by atoms with Crippen molar-refractivity contribution in [1.82, 2.24) is 4.98 Å². The number of nitrogens with zero attached hydrogens (tertiary/aromatic N) is 1. The lowest BCUT2D eigenvalue weighted by molar-refractivity contribution is -0.137. The smallest absolute Gasteiger partial charge is 0.364 e. The Bertz CT molecular complexity index is 559. The number of nitrogens with one attached hydrogen (secondary N) is 1. The van der Waals surface area contributed by atoms with Gasteiger partial charge in [0.1, 0.15) is 5.82 Å². The second kappa shape index (κ2) is 5.53. The Hall–Kier alpha value is -2.04. The van der Waals surface area contributed by atoms with Gasteiger partial charge in [0.05, 0.1) is 5.56 Å². The molecule has 0 fully saturated rings. The molecule has 1 aromatic carbocycles. The minimum Gasteiger partial charge on any atom is -0.364 e. The maximum absolute atomic E-state index is 12.4. The van der Waals surface area contributed by atoms with Crippen molar-refractivity contribution in [2.75, 3.05) is 5.32 Å². The topological polar surface area (TPSA) is 24.9 Å². The van der Waals surface area contributed by atoms with Crippen LogP contribution in [0.3, 0.4) is 0 Å². The normalized spacial score (nSPS) is 13.1. The molecule has 1 atom stereocenters. The van der Waals surface area contributed by atoms with E-state index in [9.17, 15) is 13.2 Å². The summed E-state index contributed by atoms with van der Waals surface area (Å²) in [6.07, 6.45) is -3.52. The fourth-order valence-corrected chi connectivity index (χ4v) is 1.81. The average Bonchev–Trinajstić information content (AvgIpc) is 2.39. The molecular formula is C15H15F3N2. The predicted octanol–water partition coefficient (Wildman–Crippen LogP) is 4.58. The first-order valence-corrected chi connectivity index (χ1v) is 6.22. The Kier molecular flexibility index (Phi) is 3.97. The van der Waals surface area contributed by atoms with Gasteiger partial charge in [0.25, 0.3) is 0 Å². The van der Waals surface area contributed by atoms with Gasteiger partial charge in [-0.05, 0) is 31.5 Å². The summed E-state index contributed by atoms with van der Waals surface area (Å²) < 4.78 is 37.3. The molecule has 0 aliphatic carbocycles. The van der Waals surface area contributed by atoms with E-state index in [4.69, 9.17) is 0 Å². The van der Waals surface area contributed by atoms with Crippen LogP contribution in [0.2, 0.25) is 0 Å². The molecule has 0 aliphatic heterocycles. The summed E-state index contributed by atoms with van der Waals surface area (Å²) in [6.45, 7) is 3.93. The lowest BCUT2D eigenvalue weighted by Crippen LogP contribution is -2.10. The Morgan fingerprint density at radius 1 is 1.05 bits per heavy atom. The molecular weight excluding hydrogens is 265 g/mol. The SMILES string of the molecule is Cc1ccc(C(C)Nc2ccc(C(F)(F)F)cn2)cc1. The van der Waals surface area contributed by atoms with Crippen LogP contribution in [0.1, 0.15) is 29.7 Å². The van der Waals surface area contributed by atoms with E-state index in [1.54, 1.807) is 0 Å². The third-order valence-corrected chi connectivity index (χ3v) is 3.03. The van der Waals surface area contributed by atoms with E-state index in [1.165, 1.54) is 6.07 Å². The van der Waals surface area contributed by atoms with Crippen molar-refractivity contribution in [3.63, 3.8) is 0 Å². The molecule has 2 nitrogen and oxygen atoms in total. The second-order valence-electron chi connectivity index (χ2n) is 4.71. The highest BCUT2D eigenvalue weighted by Gasteiger charge is 2.30. The summed E-state index contributed by atoms with van der Waals surface area (Å²) in [5, 5.41) is 3.08. The molecule has 0 saturated carbocycles. The summed E-state index contributed by atoms with van der Waals surface area (Å²) >= 11 is 0. The van der Waals surface area contributed by atoms with Gasteiger partial charge in [-0.15, -0.1) is 0 Å². The highest BCUT2D eigenvalue weighted by Crippen LogP contribution is 2.29. The van der Waals surface area contributed by atoms with Crippen LogP contribution in [0.5, 0.6) is 0 Å². The van der Waals surface area contributed by atoms with Gasteiger partial charge in [-0.2, -0.15) is 13.2 Å². The maximum Gasteiger partial charge on any atom is 0.417 e. The van der Waals surface area contributed by atoms with E-state index in [-0.39, 0.29) is 6.04 Å². The van der Waals surface area contributed by atoms with Crippen molar-refractivity contribution in [3.8, 4) is 0 Å². The molecule has 1 heterocycles. The molecule has 1 unspecified atom stereocenters. The van der Waals surface area contributed by atoms with Crippen molar-refractivity contribution >= 4 is 5.82 Å². The van der Waals surface area contributed by atoms with Gasteiger partial charge >= 0.3 is 6.18 Å². The second-order valence-corrected chi connectivity index (χ2v) is 4.71. The molecule has 0 aliphatic rings. The van der Waals surface area contributed by atoms with Crippen LogP contribution in [0, 0.1) is 6.92 Å². The molecule has 20 heavy (non-hydrogen) atoms. The summed E-state index contributed by atoms with van der Waals surface area (Å²) in [5.74, 6) is 0.422. The quantitative estimate of drug-likeness (QED) is 0.890. The van der Waals surface area contributed by atoms with Crippen LogP contribution in [0.25, 0.3) is 0 Å². The molecule has 0 radical (unpaired) electrons. The molecule has 1 N–H and O–H groups in total. The van der Waals surface area contributed by atoms with Gasteiger partial charge < -0.3 is 5.32 Å². The minimum atomic E-state index is -4.35. The van der Waals surface area contributed by atoms with Gasteiger partial charge in [-0.1, -0.05) is 29.8 Å². The number of hydrogen-bond donors (Lipinski definition) is 1. The largest absolute Gasteiger partial charge is 0.417 e. The van der Waals surface area contributed by atoms with Crippen LogP contribution >= 0.6 is 0 Å². The maximum atomic E-state index is 12.4. The first kappa shape index (κ1) is 14.4. The van der Waals surface area contributed by atoms with E-state index < -0.39 is 11.7 Å². The van der Waals surface area contributed by atoms with Gasteiger partial charge in [0.2, 0.25) is 0 Å². The van der Waals surface area contributed by atoms with E-state index in [2.05, 4.69) is 10.3 Å².